The van der Waals surface area contributed by atoms with Gasteiger partial charge in [-0.05, 0) is 26.8 Å². The van der Waals surface area contributed by atoms with Crippen LogP contribution in [0.1, 0.15) is 0 Å². The summed E-state index contributed by atoms with van der Waals surface area (Å²) in [7, 11) is -43.5. The molecule has 7 heterocycles. The van der Waals surface area contributed by atoms with E-state index in [1.54, 1.807) is 0 Å². The van der Waals surface area contributed by atoms with Crippen molar-refractivity contribution < 1.29 is 49.4 Å². The Morgan fingerprint density at radius 2 is 0.436 bits per heavy atom. The first-order valence-electron chi connectivity index (χ1n) is 31.1. The van der Waals surface area contributed by atoms with Crippen LogP contribution >= 0.6 is 11.3 Å². The fraction of sp³-hybridized carbons (Fsp3) is 0. The second kappa shape index (κ2) is 22.7. The fourth-order valence-corrected chi connectivity index (χ4v) is 66.7. The topological polar surface area (TPSA) is 111 Å². The molecule has 0 aliphatic carbocycles. The van der Waals surface area contributed by atoms with Crippen LogP contribution in [-0.4, -0.2) is 78.5 Å². The van der Waals surface area contributed by atoms with Crippen molar-refractivity contribution in [2.75, 3.05) is 0 Å². The molecular weight excluding hydrogens is 1340 g/mol. The molecule has 458 valence electrons. The van der Waals surface area contributed by atoms with Crippen LogP contribution in [0.3, 0.4) is 0 Å². The van der Waals surface area contributed by atoms with Crippen molar-refractivity contribution >= 4 is 172 Å². The summed E-state index contributed by atoms with van der Waals surface area (Å²) in [6, 6.07) is 114. The zero-order valence-electron chi connectivity index (χ0n) is 50.1. The van der Waals surface area contributed by atoms with E-state index < -0.39 is 78.5 Å². The predicted molar refractivity (Wildman–Crippen MR) is 384 cm³/mol. The summed E-state index contributed by atoms with van der Waals surface area (Å²) in [6.45, 7) is 0. The van der Waals surface area contributed by atoms with Gasteiger partial charge in [-0.1, -0.05) is 334 Å². The number of hydrogen-bond acceptors (Lipinski definition) is 13. The van der Waals surface area contributed by atoms with Gasteiger partial charge in [-0.3, -0.25) is 0 Å². The molecular formula is C72H56O12SSi9. The van der Waals surface area contributed by atoms with Gasteiger partial charge in [0.15, 0.2) is 8.07 Å². The van der Waals surface area contributed by atoms with E-state index in [1.165, 1.54) is 35.7 Å². The summed E-state index contributed by atoms with van der Waals surface area (Å²) >= 11 is 1.83. The highest BCUT2D eigenvalue weighted by molar-refractivity contribution is 7.31. The SMILES string of the molecule is c1ccc([Si]23O[Si]4(c5ccccc5)O[Si]5(c6ccccc6)O[Si](c6ccccc6)(O2)O[Si]2(c6ccccc6)O[Si](c6ccccc6)(O3)O[Si](c3ccccc3)(O4)O[Si](c3cccc([Si](c4ccccc4)(c4ccccc4)c4cccc6c4sc4ccccc46)c3)(O5)O2)cc1. The Labute approximate surface area is 557 Å². The van der Waals surface area contributed by atoms with Gasteiger partial charge >= 0.3 is 70.4 Å². The average Bonchev–Trinajstić information content (AvgIpc) is 0.768. The molecule has 8 bridgehead atoms. The van der Waals surface area contributed by atoms with E-state index in [0.717, 1.165) is 5.19 Å². The van der Waals surface area contributed by atoms with Gasteiger partial charge in [0.05, 0.1) is 0 Å². The maximum Gasteiger partial charge on any atom is 0.515 e. The summed E-state index contributed by atoms with van der Waals surface area (Å²) in [5.74, 6) is 0. The second-order valence-corrected chi connectivity index (χ2v) is 51.7. The summed E-state index contributed by atoms with van der Waals surface area (Å²) < 4.78 is 105. The average molecular weight is 1400 g/mol. The molecule has 0 unspecified atom stereocenters. The monoisotopic (exact) mass is 1400 g/mol. The lowest BCUT2D eigenvalue weighted by molar-refractivity contribution is -0.00298. The van der Waals surface area contributed by atoms with E-state index >= 15 is 0 Å². The molecule has 13 aromatic rings. The van der Waals surface area contributed by atoms with E-state index in [2.05, 4.69) is 121 Å². The van der Waals surface area contributed by atoms with Crippen LogP contribution in [0.4, 0.5) is 0 Å². The van der Waals surface area contributed by atoms with Gasteiger partial charge in [-0.2, -0.15) is 0 Å². The maximum atomic E-state index is 8.72. The second-order valence-electron chi connectivity index (χ2n) is 23.6. The van der Waals surface area contributed by atoms with Crippen LogP contribution in [-0.2, 0) is 49.4 Å². The third-order valence-corrected chi connectivity index (χ3v) is 58.3. The minimum Gasteiger partial charge on any atom is -0.366 e. The van der Waals surface area contributed by atoms with Crippen molar-refractivity contribution in [3.8, 4) is 0 Å². The first-order valence-corrected chi connectivity index (χ1v) is 47.8. The summed E-state index contributed by atoms with van der Waals surface area (Å²) in [6.07, 6.45) is 0. The molecule has 0 spiro atoms. The predicted octanol–water partition coefficient (Wildman–Crippen LogP) is 6.77. The molecule has 19 rings (SSSR count). The van der Waals surface area contributed by atoms with Crippen LogP contribution in [0.25, 0.3) is 20.2 Å². The summed E-state index contributed by atoms with van der Waals surface area (Å²) in [5, 5.41) is 11.4. The van der Waals surface area contributed by atoms with E-state index in [1.807, 2.05) is 230 Å². The highest BCUT2D eigenvalue weighted by atomic mass is 32.1. The van der Waals surface area contributed by atoms with Gasteiger partial charge in [0.1, 0.15) is 0 Å². The Morgan fingerprint density at radius 3 is 0.755 bits per heavy atom. The Kier molecular flexibility index (Phi) is 14.2. The largest absolute Gasteiger partial charge is 0.515 e. The normalized spacial score (nSPS) is 27.8. The lowest BCUT2D eigenvalue weighted by Crippen LogP contribution is -2.96. The third kappa shape index (κ3) is 9.27. The quantitative estimate of drug-likeness (QED) is 0.0953. The number of thiophene rings is 1. The van der Waals surface area contributed by atoms with Gasteiger partial charge in [0.25, 0.3) is 0 Å². The first kappa shape index (κ1) is 58.9. The highest BCUT2D eigenvalue weighted by Gasteiger charge is 2.86. The maximum absolute atomic E-state index is 8.72. The summed E-state index contributed by atoms with van der Waals surface area (Å²) in [4.78, 5) is 0. The van der Waals surface area contributed by atoms with Crippen LogP contribution in [0.5, 0.6) is 0 Å². The first-order chi connectivity index (χ1) is 46.2. The van der Waals surface area contributed by atoms with Crippen molar-refractivity contribution in [3.05, 3.63) is 340 Å². The molecule has 0 amide bonds. The Hall–Kier alpha value is -7.67. The molecule has 0 N–H and O–H groups in total. The third-order valence-electron chi connectivity index (χ3n) is 18.0. The van der Waals surface area contributed by atoms with Gasteiger partial charge in [0, 0.05) is 61.7 Å². The minimum absolute atomic E-state index is 0.547. The molecule has 22 heteroatoms. The zero-order valence-corrected chi connectivity index (χ0v) is 60.0. The van der Waals surface area contributed by atoms with Gasteiger partial charge in [0.2, 0.25) is 0 Å². The Bertz CT molecular complexity index is 4610. The molecule has 0 atom stereocenters. The van der Waals surface area contributed by atoms with Crippen molar-refractivity contribution in [2.45, 2.75) is 0 Å². The lowest BCUT2D eigenvalue weighted by atomic mass is 10.1. The number of fused-ring (bicyclic) bond motifs is 3. The number of rotatable bonds is 12. The lowest BCUT2D eigenvalue weighted by Gasteiger charge is -2.62. The molecule has 1 aromatic heterocycles. The van der Waals surface area contributed by atoms with Gasteiger partial charge in [-0.15, -0.1) is 11.3 Å². The molecule has 0 saturated carbocycles. The van der Waals surface area contributed by atoms with Gasteiger partial charge < -0.3 is 49.4 Å². The van der Waals surface area contributed by atoms with E-state index in [9.17, 15) is 0 Å². The Balaban J connectivity index is 1.02. The molecule has 0 radical (unpaired) electrons. The van der Waals surface area contributed by atoms with Crippen LogP contribution in [0.2, 0.25) is 0 Å². The fourth-order valence-electron chi connectivity index (χ4n) is 13.9. The van der Waals surface area contributed by atoms with Crippen molar-refractivity contribution in [2.24, 2.45) is 0 Å². The number of benzene rings is 12. The number of hydrogen-bond donors (Lipinski definition) is 0. The Morgan fingerprint density at radius 1 is 0.202 bits per heavy atom. The molecule has 12 nitrogen and oxygen atoms in total. The molecule has 6 saturated heterocycles. The van der Waals surface area contributed by atoms with Crippen LogP contribution in [0.15, 0.2) is 340 Å². The molecule has 12 aromatic carbocycles. The smallest absolute Gasteiger partial charge is 0.366 e. The zero-order chi connectivity index (χ0) is 62.5. The van der Waals surface area contributed by atoms with Crippen LogP contribution in [0, 0.1) is 0 Å². The van der Waals surface area contributed by atoms with Gasteiger partial charge in [-0.25, -0.2) is 0 Å². The van der Waals surface area contributed by atoms with Crippen molar-refractivity contribution in [1.82, 2.24) is 0 Å². The molecule has 6 fully saturated rings. The molecule has 6 aliphatic rings. The van der Waals surface area contributed by atoms with E-state index in [4.69, 9.17) is 49.4 Å². The van der Waals surface area contributed by atoms with E-state index in [0.29, 0.717) is 41.5 Å². The van der Waals surface area contributed by atoms with Crippen molar-refractivity contribution in [1.29, 1.82) is 0 Å². The minimum atomic E-state index is -5.20. The highest BCUT2D eigenvalue weighted by Crippen LogP contribution is 2.49. The van der Waals surface area contributed by atoms with Crippen LogP contribution < -0.4 is 62.2 Å². The summed E-state index contributed by atoms with van der Waals surface area (Å²) in [5.41, 5.74) is 0. The van der Waals surface area contributed by atoms with Crippen molar-refractivity contribution in [3.63, 3.8) is 0 Å². The molecule has 6 aliphatic heterocycles. The molecule has 94 heavy (non-hydrogen) atoms. The standard InChI is InChI=1S/C72H56O12SSi9/c1-10-32-57(33-11-1)86(58-34-12-2-13-35-58,71-55-31-53-69-68-52-28-29-54-70(68)85-72(69)71)66-50-30-51-67(56-66)94-82-91(63-44-22-7-23-45-63)76-88(60-38-16-4-17-39-60)73-87(59-36-14-3-15-37-59)74-89(78-91,61-40-18-5-19-41-61)80-93(84-94,65-48-26-9-27-49-65)81-90(75-87,62-42-20-6-21-43-62)79-92(77-88,83-94)64-46-24-8-25-47-64/h1-56H. The van der Waals surface area contributed by atoms with E-state index in [-0.39, 0.29) is 0 Å².